The number of rotatable bonds is 7. The van der Waals surface area contributed by atoms with Gasteiger partial charge in [-0.3, -0.25) is 0 Å². The molecule has 0 saturated carbocycles. The first-order valence-electron chi connectivity index (χ1n) is 7.41. The first kappa shape index (κ1) is 15.1. The van der Waals surface area contributed by atoms with Crippen molar-refractivity contribution in [3.8, 4) is 11.5 Å². The molecule has 1 aliphatic rings. The maximum Gasteiger partial charge on any atom is 0.231 e. The quantitative estimate of drug-likeness (QED) is 0.778. The molecule has 112 valence electrons. The van der Waals surface area contributed by atoms with Gasteiger partial charge in [0, 0.05) is 12.1 Å². The second-order valence-electron chi connectivity index (χ2n) is 5.72. The van der Waals surface area contributed by atoms with Crippen LogP contribution in [0.3, 0.4) is 0 Å². The Balaban J connectivity index is 1.76. The Morgan fingerprint density at radius 1 is 1.20 bits per heavy atom. The summed E-state index contributed by atoms with van der Waals surface area (Å²) in [4.78, 5) is 2.37. The Morgan fingerprint density at radius 2 is 1.95 bits per heavy atom. The molecule has 1 heterocycles. The van der Waals surface area contributed by atoms with Crippen molar-refractivity contribution >= 4 is 0 Å². The van der Waals surface area contributed by atoms with Gasteiger partial charge in [0.25, 0.3) is 0 Å². The number of nitrogens with one attached hydrogen (secondary N) is 1. The van der Waals surface area contributed by atoms with Crippen LogP contribution in [0.2, 0.25) is 0 Å². The number of nitrogens with zero attached hydrogens (tertiary/aromatic N) is 1. The molecule has 1 aromatic carbocycles. The van der Waals surface area contributed by atoms with Crippen LogP contribution in [0.15, 0.2) is 18.2 Å². The zero-order valence-electron chi connectivity index (χ0n) is 13.0. The molecule has 0 amide bonds. The molecule has 0 spiro atoms. The lowest BCUT2D eigenvalue weighted by Gasteiger charge is -2.21. The minimum Gasteiger partial charge on any atom is -0.454 e. The van der Waals surface area contributed by atoms with Gasteiger partial charge in [0.2, 0.25) is 6.79 Å². The van der Waals surface area contributed by atoms with Crippen LogP contribution < -0.4 is 14.8 Å². The van der Waals surface area contributed by atoms with Crippen LogP contribution in [-0.4, -0.2) is 37.9 Å². The lowest BCUT2D eigenvalue weighted by molar-refractivity contribution is 0.174. The highest BCUT2D eigenvalue weighted by molar-refractivity contribution is 5.45. The van der Waals surface area contributed by atoms with E-state index in [0.29, 0.717) is 18.9 Å². The van der Waals surface area contributed by atoms with Crippen molar-refractivity contribution in [2.45, 2.75) is 39.3 Å². The first-order chi connectivity index (χ1) is 9.58. The van der Waals surface area contributed by atoms with Crippen molar-refractivity contribution in [1.82, 2.24) is 10.2 Å². The lowest BCUT2D eigenvalue weighted by Crippen LogP contribution is -2.30. The maximum atomic E-state index is 5.42. The lowest BCUT2D eigenvalue weighted by atomic mass is 10.1. The molecule has 0 aliphatic carbocycles. The van der Waals surface area contributed by atoms with Gasteiger partial charge in [-0.05, 0) is 65.0 Å². The van der Waals surface area contributed by atoms with E-state index in [2.05, 4.69) is 50.2 Å². The predicted octanol–water partition coefficient (Wildman–Crippen LogP) is 2.80. The van der Waals surface area contributed by atoms with E-state index in [9.17, 15) is 0 Å². The molecular formula is C16H26N2O2. The Bertz CT molecular complexity index is 434. The van der Waals surface area contributed by atoms with Gasteiger partial charge in [-0.15, -0.1) is 0 Å². The van der Waals surface area contributed by atoms with Gasteiger partial charge in [-0.1, -0.05) is 6.07 Å². The van der Waals surface area contributed by atoms with E-state index in [4.69, 9.17) is 9.47 Å². The van der Waals surface area contributed by atoms with E-state index in [-0.39, 0.29) is 0 Å². The topological polar surface area (TPSA) is 33.7 Å². The zero-order valence-corrected chi connectivity index (χ0v) is 13.0. The van der Waals surface area contributed by atoms with E-state index < -0.39 is 0 Å². The Morgan fingerprint density at radius 3 is 2.70 bits per heavy atom. The van der Waals surface area contributed by atoms with Crippen LogP contribution in [0, 0.1) is 0 Å². The van der Waals surface area contributed by atoms with Gasteiger partial charge in [0.1, 0.15) is 0 Å². The van der Waals surface area contributed by atoms with E-state index in [1.54, 1.807) is 0 Å². The Kier molecular flexibility index (Phi) is 5.26. The summed E-state index contributed by atoms with van der Waals surface area (Å²) in [5, 5.41) is 3.56. The first-order valence-corrected chi connectivity index (χ1v) is 7.41. The van der Waals surface area contributed by atoms with Gasteiger partial charge >= 0.3 is 0 Å². The van der Waals surface area contributed by atoms with Gasteiger partial charge in [-0.2, -0.15) is 0 Å². The summed E-state index contributed by atoms with van der Waals surface area (Å²) in [6, 6.07) is 7.10. The maximum absolute atomic E-state index is 5.42. The molecule has 4 nitrogen and oxygen atoms in total. The van der Waals surface area contributed by atoms with Gasteiger partial charge in [-0.25, -0.2) is 0 Å². The molecule has 1 unspecified atom stereocenters. The standard InChI is InChI=1S/C16H26N2O2/c1-12(2)18(4)9-5-8-17-13(3)14-6-7-15-16(10-14)20-11-19-15/h6-7,10,12-13,17H,5,8-9,11H2,1-4H3. The fraction of sp³-hybridized carbons (Fsp3) is 0.625. The highest BCUT2D eigenvalue weighted by Gasteiger charge is 2.15. The minimum absolute atomic E-state index is 0.328. The molecule has 0 saturated heterocycles. The fourth-order valence-corrected chi connectivity index (χ4v) is 2.21. The SMILES string of the molecule is CC(NCCCN(C)C(C)C)c1ccc2c(c1)OCO2. The fourth-order valence-electron chi connectivity index (χ4n) is 2.21. The highest BCUT2D eigenvalue weighted by atomic mass is 16.7. The molecule has 0 bridgehead atoms. The van der Waals surface area contributed by atoms with Gasteiger partial charge < -0.3 is 19.7 Å². The van der Waals surface area contributed by atoms with Crippen molar-refractivity contribution in [2.24, 2.45) is 0 Å². The summed E-state index contributed by atoms with van der Waals surface area (Å²) < 4.78 is 10.7. The van der Waals surface area contributed by atoms with Crippen molar-refractivity contribution in [3.63, 3.8) is 0 Å². The van der Waals surface area contributed by atoms with Gasteiger partial charge in [0.15, 0.2) is 11.5 Å². The van der Waals surface area contributed by atoms with Crippen LogP contribution in [-0.2, 0) is 0 Å². The number of hydrogen-bond acceptors (Lipinski definition) is 4. The molecule has 1 aliphatic heterocycles. The van der Waals surface area contributed by atoms with Crippen molar-refractivity contribution in [3.05, 3.63) is 23.8 Å². The third kappa shape index (κ3) is 3.87. The Hall–Kier alpha value is -1.26. The molecule has 2 rings (SSSR count). The average Bonchev–Trinajstić information content (AvgIpc) is 2.90. The van der Waals surface area contributed by atoms with E-state index in [1.165, 1.54) is 5.56 Å². The van der Waals surface area contributed by atoms with Crippen molar-refractivity contribution < 1.29 is 9.47 Å². The van der Waals surface area contributed by atoms with Crippen LogP contribution in [0.25, 0.3) is 0 Å². The molecule has 0 fully saturated rings. The molecule has 4 heteroatoms. The summed E-state index contributed by atoms with van der Waals surface area (Å²) in [5.74, 6) is 1.70. The molecule has 1 N–H and O–H groups in total. The summed E-state index contributed by atoms with van der Waals surface area (Å²) in [6.07, 6.45) is 1.16. The number of fused-ring (bicyclic) bond motifs is 1. The molecule has 1 atom stereocenters. The zero-order chi connectivity index (χ0) is 14.5. The van der Waals surface area contributed by atoms with E-state index in [0.717, 1.165) is 31.0 Å². The summed E-state index contributed by atoms with van der Waals surface area (Å²) in [6.45, 7) is 9.11. The molecule has 1 aromatic rings. The second kappa shape index (κ2) is 6.95. The summed E-state index contributed by atoms with van der Waals surface area (Å²) in [7, 11) is 2.17. The minimum atomic E-state index is 0.328. The second-order valence-corrected chi connectivity index (χ2v) is 5.72. The van der Waals surface area contributed by atoms with Crippen molar-refractivity contribution in [1.29, 1.82) is 0 Å². The third-order valence-corrected chi connectivity index (χ3v) is 3.92. The van der Waals surface area contributed by atoms with E-state index in [1.807, 2.05) is 6.07 Å². The normalized spacial score (nSPS) is 15.1. The van der Waals surface area contributed by atoms with Gasteiger partial charge in [0.05, 0.1) is 0 Å². The van der Waals surface area contributed by atoms with Crippen LogP contribution >= 0.6 is 0 Å². The van der Waals surface area contributed by atoms with Crippen LogP contribution in [0.1, 0.15) is 38.8 Å². The molecule has 0 aromatic heterocycles. The van der Waals surface area contributed by atoms with Crippen molar-refractivity contribution in [2.75, 3.05) is 26.9 Å². The molecule has 0 radical (unpaired) electrons. The largest absolute Gasteiger partial charge is 0.454 e. The number of ether oxygens (including phenoxy) is 2. The van der Waals surface area contributed by atoms with Crippen LogP contribution in [0.4, 0.5) is 0 Å². The highest BCUT2D eigenvalue weighted by Crippen LogP contribution is 2.34. The predicted molar refractivity (Wildman–Crippen MR) is 81.4 cm³/mol. The number of benzene rings is 1. The summed E-state index contributed by atoms with van der Waals surface area (Å²) in [5.41, 5.74) is 1.24. The van der Waals surface area contributed by atoms with E-state index >= 15 is 0 Å². The molecular weight excluding hydrogens is 252 g/mol. The monoisotopic (exact) mass is 278 g/mol. The third-order valence-electron chi connectivity index (χ3n) is 3.92. The smallest absolute Gasteiger partial charge is 0.231 e. The van der Waals surface area contributed by atoms with Crippen LogP contribution in [0.5, 0.6) is 11.5 Å². The Labute approximate surface area is 122 Å². The average molecular weight is 278 g/mol. The molecule has 20 heavy (non-hydrogen) atoms. The number of hydrogen-bond donors (Lipinski definition) is 1. The summed E-state index contributed by atoms with van der Waals surface area (Å²) >= 11 is 0.